The summed E-state index contributed by atoms with van der Waals surface area (Å²) in [4.78, 5) is 14.8. The fraction of sp³-hybridized carbons (Fsp3) is 0.294. The van der Waals surface area contributed by atoms with Crippen LogP contribution in [0, 0.1) is 0 Å². The van der Waals surface area contributed by atoms with Crippen LogP contribution in [0.25, 0.3) is 21.8 Å². The molecular weight excluding hydrogens is 292 g/mol. The van der Waals surface area contributed by atoms with Crippen LogP contribution in [0.2, 0.25) is 0 Å². The van der Waals surface area contributed by atoms with Crippen molar-refractivity contribution in [2.75, 3.05) is 20.6 Å². The van der Waals surface area contributed by atoms with Gasteiger partial charge in [-0.25, -0.2) is 4.98 Å². The first kappa shape index (κ1) is 14.9. The number of fused-ring (bicyclic) bond motifs is 3. The lowest BCUT2D eigenvalue weighted by Gasteiger charge is -2.13. The van der Waals surface area contributed by atoms with E-state index in [1.165, 1.54) is 10.8 Å². The summed E-state index contributed by atoms with van der Waals surface area (Å²) < 4.78 is 0. The first-order valence-electron chi connectivity index (χ1n) is 7.40. The Labute approximate surface area is 134 Å². The fourth-order valence-electron chi connectivity index (χ4n) is 2.45. The second-order valence-corrected chi connectivity index (χ2v) is 6.25. The van der Waals surface area contributed by atoms with E-state index >= 15 is 0 Å². The Hall–Kier alpha value is -2.01. The molecule has 0 saturated carbocycles. The maximum Gasteiger partial charge on any atom is 0.159 e. The van der Waals surface area contributed by atoms with E-state index in [-0.39, 0.29) is 0 Å². The van der Waals surface area contributed by atoms with Crippen molar-refractivity contribution in [2.45, 2.75) is 12.7 Å². The average Bonchev–Trinajstić information content (AvgIpc) is 2.94. The Kier molecular flexibility index (Phi) is 4.34. The molecule has 0 atom stereocenters. The highest BCUT2D eigenvalue weighted by atomic mass is 32.2. The van der Waals surface area contributed by atoms with Crippen LogP contribution >= 0.6 is 11.8 Å². The predicted molar refractivity (Wildman–Crippen MR) is 96.6 cm³/mol. The van der Waals surface area contributed by atoms with E-state index < -0.39 is 0 Å². The number of imidazole rings is 1. The molecule has 114 valence electrons. The summed E-state index contributed by atoms with van der Waals surface area (Å²) in [7, 11) is 4.04. The topological polar surface area (TPSA) is 44.3 Å². The molecule has 0 bridgehead atoms. The number of aliphatic imine (C=N–C) groups is 1. The van der Waals surface area contributed by atoms with Crippen LogP contribution in [0.3, 0.4) is 0 Å². The van der Waals surface area contributed by atoms with Crippen molar-refractivity contribution in [3.05, 3.63) is 42.2 Å². The molecule has 1 aromatic heterocycles. The van der Waals surface area contributed by atoms with E-state index in [4.69, 9.17) is 4.98 Å². The van der Waals surface area contributed by atoms with Gasteiger partial charge in [-0.3, -0.25) is 4.99 Å². The summed E-state index contributed by atoms with van der Waals surface area (Å²) in [5.41, 5.74) is 2.14. The molecule has 1 heterocycles. The van der Waals surface area contributed by atoms with Gasteiger partial charge in [0.2, 0.25) is 0 Å². The van der Waals surface area contributed by atoms with Crippen molar-refractivity contribution in [3.63, 3.8) is 0 Å². The number of hydrogen-bond donors (Lipinski definition) is 1. The molecule has 5 heteroatoms. The van der Waals surface area contributed by atoms with Crippen molar-refractivity contribution in [3.8, 4) is 0 Å². The van der Waals surface area contributed by atoms with Crippen molar-refractivity contribution in [2.24, 2.45) is 4.99 Å². The lowest BCUT2D eigenvalue weighted by Crippen LogP contribution is -2.19. The van der Waals surface area contributed by atoms with Crippen molar-refractivity contribution < 1.29 is 0 Å². The van der Waals surface area contributed by atoms with Gasteiger partial charge in [0.15, 0.2) is 5.17 Å². The van der Waals surface area contributed by atoms with Gasteiger partial charge >= 0.3 is 0 Å². The molecule has 0 saturated heterocycles. The summed E-state index contributed by atoms with van der Waals surface area (Å²) >= 11 is 1.71. The number of thioether (sulfide) groups is 1. The zero-order chi connectivity index (χ0) is 15.5. The van der Waals surface area contributed by atoms with Gasteiger partial charge in [0, 0.05) is 26.0 Å². The largest absolute Gasteiger partial charge is 0.358 e. The monoisotopic (exact) mass is 312 g/mol. The van der Waals surface area contributed by atoms with Crippen molar-refractivity contribution in [1.82, 2.24) is 14.9 Å². The lowest BCUT2D eigenvalue weighted by molar-refractivity contribution is 0.633. The minimum absolute atomic E-state index is 0.792. The molecule has 3 rings (SSSR count). The molecular formula is C17H20N4S. The smallest absolute Gasteiger partial charge is 0.159 e. The first-order valence-corrected chi connectivity index (χ1v) is 8.38. The molecule has 0 radical (unpaired) electrons. The third-order valence-corrected chi connectivity index (χ3v) is 4.61. The molecule has 3 aromatic rings. The number of aromatic nitrogens is 2. The second-order valence-electron chi connectivity index (χ2n) is 5.31. The van der Waals surface area contributed by atoms with Gasteiger partial charge in [0.05, 0.1) is 16.8 Å². The highest BCUT2D eigenvalue weighted by Crippen LogP contribution is 2.24. The number of hydrogen-bond acceptors (Lipinski definition) is 3. The standard InChI is InChI=1S/C17H20N4S/c1-4-18-17(21(2)3)22-11-15-19-14-10-9-12-7-5-6-8-13(12)16(14)20-15/h5-10H,4,11H2,1-3H3,(H,19,20). The number of H-pyrrole nitrogens is 1. The highest BCUT2D eigenvalue weighted by molar-refractivity contribution is 8.13. The molecule has 0 aliphatic carbocycles. The highest BCUT2D eigenvalue weighted by Gasteiger charge is 2.09. The van der Waals surface area contributed by atoms with Crippen molar-refractivity contribution >= 4 is 38.7 Å². The van der Waals surface area contributed by atoms with Gasteiger partial charge in [-0.05, 0) is 18.4 Å². The van der Waals surface area contributed by atoms with E-state index in [1.807, 2.05) is 19.0 Å². The number of aromatic amines is 1. The summed E-state index contributed by atoms with van der Waals surface area (Å²) in [6.45, 7) is 2.85. The van der Waals surface area contributed by atoms with Crippen LogP contribution in [0.5, 0.6) is 0 Å². The average molecular weight is 312 g/mol. The SMILES string of the molecule is CCN=C(SCc1nc2c(ccc3ccccc32)[nH]1)N(C)C. The van der Waals surface area contributed by atoms with Gasteiger partial charge < -0.3 is 9.88 Å². The third-order valence-electron chi connectivity index (χ3n) is 3.44. The molecule has 2 aromatic carbocycles. The zero-order valence-electron chi connectivity index (χ0n) is 13.1. The Morgan fingerprint density at radius 3 is 2.82 bits per heavy atom. The van der Waals surface area contributed by atoms with Crippen LogP contribution < -0.4 is 0 Å². The van der Waals surface area contributed by atoms with Crippen LogP contribution in [-0.2, 0) is 5.75 Å². The molecule has 1 N–H and O–H groups in total. The van der Waals surface area contributed by atoms with Crippen LogP contribution in [0.1, 0.15) is 12.7 Å². The maximum atomic E-state index is 4.78. The Morgan fingerprint density at radius 2 is 2.05 bits per heavy atom. The predicted octanol–water partition coefficient (Wildman–Crippen LogP) is 3.89. The normalized spacial score (nSPS) is 12.2. The van der Waals surface area contributed by atoms with Gasteiger partial charge in [-0.15, -0.1) is 0 Å². The van der Waals surface area contributed by atoms with Crippen molar-refractivity contribution in [1.29, 1.82) is 0 Å². The fourth-order valence-corrected chi connectivity index (χ4v) is 3.33. The van der Waals surface area contributed by atoms with Gasteiger partial charge in [-0.2, -0.15) is 0 Å². The first-order chi connectivity index (χ1) is 10.7. The maximum absolute atomic E-state index is 4.78. The zero-order valence-corrected chi connectivity index (χ0v) is 13.9. The molecule has 0 spiro atoms. The molecule has 0 fully saturated rings. The molecule has 0 aliphatic rings. The number of rotatable bonds is 3. The van der Waals surface area contributed by atoms with Crippen LogP contribution in [0.15, 0.2) is 41.4 Å². The summed E-state index contributed by atoms with van der Waals surface area (Å²) in [5.74, 6) is 1.78. The summed E-state index contributed by atoms with van der Waals surface area (Å²) in [6, 6.07) is 12.6. The van der Waals surface area contributed by atoms with Gasteiger partial charge in [0.1, 0.15) is 5.82 Å². The van der Waals surface area contributed by atoms with Crippen LogP contribution in [-0.4, -0.2) is 40.7 Å². The third kappa shape index (κ3) is 2.95. The van der Waals surface area contributed by atoms with E-state index in [9.17, 15) is 0 Å². The quantitative estimate of drug-likeness (QED) is 0.589. The minimum atomic E-state index is 0.792. The number of benzene rings is 2. The molecule has 4 nitrogen and oxygen atoms in total. The van der Waals surface area contributed by atoms with Gasteiger partial charge in [0.25, 0.3) is 0 Å². The number of amidine groups is 1. The Balaban J connectivity index is 1.89. The Morgan fingerprint density at radius 1 is 1.23 bits per heavy atom. The molecule has 22 heavy (non-hydrogen) atoms. The molecule has 0 amide bonds. The van der Waals surface area contributed by atoms with Gasteiger partial charge in [-0.1, -0.05) is 42.1 Å². The van der Waals surface area contributed by atoms with E-state index in [0.29, 0.717) is 0 Å². The second kappa shape index (κ2) is 6.40. The number of nitrogens with one attached hydrogen (secondary N) is 1. The minimum Gasteiger partial charge on any atom is -0.358 e. The molecule has 0 unspecified atom stereocenters. The van der Waals surface area contributed by atoms with E-state index in [2.05, 4.69) is 53.3 Å². The molecule has 0 aliphatic heterocycles. The van der Waals surface area contributed by atoms with E-state index in [1.54, 1.807) is 11.8 Å². The number of nitrogens with zero attached hydrogens (tertiary/aromatic N) is 3. The van der Waals surface area contributed by atoms with Crippen LogP contribution in [0.4, 0.5) is 0 Å². The Bertz CT molecular complexity index is 820. The van der Waals surface area contributed by atoms with E-state index in [0.717, 1.165) is 34.3 Å². The summed E-state index contributed by atoms with van der Waals surface area (Å²) in [5, 5.41) is 3.46. The summed E-state index contributed by atoms with van der Waals surface area (Å²) in [6.07, 6.45) is 0. The lowest BCUT2D eigenvalue weighted by atomic mass is 10.1.